The molecule has 0 unspecified atom stereocenters. The molecule has 13 heavy (non-hydrogen) atoms. The minimum atomic E-state index is -0.385. The molecule has 0 N–H and O–H groups in total. The molecule has 0 aliphatic rings. The lowest BCUT2D eigenvalue weighted by molar-refractivity contribution is 0.403. The number of nitriles is 1. The Bertz CT molecular complexity index is 355. The Hall–Kier alpha value is -1.56. The number of nitrogens with zero attached hydrogens (tertiary/aromatic N) is 1. The van der Waals surface area contributed by atoms with Crippen LogP contribution in [0.25, 0.3) is 0 Å². The molecular weight excluding hydrogens is 169 g/mol. The Balaban J connectivity index is 3.27. The zero-order chi connectivity index (χ0) is 9.84. The molecule has 0 amide bonds. The molecule has 1 rings (SSSR count). The monoisotopic (exact) mass is 179 g/mol. The van der Waals surface area contributed by atoms with Crippen LogP contribution in [-0.4, -0.2) is 7.11 Å². The zero-order valence-corrected chi connectivity index (χ0v) is 7.60. The Morgan fingerprint density at radius 1 is 1.54 bits per heavy atom. The summed E-state index contributed by atoms with van der Waals surface area (Å²) in [5.74, 6) is 0.0885. The predicted octanol–water partition coefficient (Wildman–Crippen LogP) is 2.21. The third-order valence-electron chi connectivity index (χ3n) is 1.86. The minimum Gasteiger partial charge on any atom is -0.496 e. The minimum absolute atomic E-state index is 0.0384. The van der Waals surface area contributed by atoms with Crippen LogP contribution in [0, 0.1) is 24.1 Å². The standard InChI is InChI=1S/C10H10FNO/c1-7-3-4-9(11)8(5-6-12)10(7)13-2/h3-4H,5H2,1-2H3. The topological polar surface area (TPSA) is 33.0 Å². The molecule has 3 heteroatoms. The Kier molecular flexibility index (Phi) is 2.86. The second-order valence-electron chi connectivity index (χ2n) is 2.71. The van der Waals surface area contributed by atoms with Gasteiger partial charge in [-0.1, -0.05) is 6.07 Å². The molecule has 0 fully saturated rings. The maximum absolute atomic E-state index is 13.2. The summed E-state index contributed by atoms with van der Waals surface area (Å²) in [4.78, 5) is 0. The first-order chi connectivity index (χ1) is 6.20. The van der Waals surface area contributed by atoms with Crippen molar-refractivity contribution in [3.8, 4) is 11.8 Å². The van der Waals surface area contributed by atoms with E-state index in [1.807, 2.05) is 13.0 Å². The second kappa shape index (κ2) is 3.90. The van der Waals surface area contributed by atoms with Gasteiger partial charge in [-0.05, 0) is 18.6 Å². The van der Waals surface area contributed by atoms with E-state index in [1.165, 1.54) is 13.2 Å². The molecule has 0 heterocycles. The fourth-order valence-electron chi connectivity index (χ4n) is 1.25. The molecular formula is C10H10FNO. The number of benzene rings is 1. The first-order valence-corrected chi connectivity index (χ1v) is 3.89. The summed E-state index contributed by atoms with van der Waals surface area (Å²) >= 11 is 0. The first kappa shape index (κ1) is 9.53. The molecule has 0 aromatic heterocycles. The molecule has 1 aromatic carbocycles. The lowest BCUT2D eigenvalue weighted by atomic mass is 10.1. The van der Waals surface area contributed by atoms with Gasteiger partial charge in [-0.3, -0.25) is 0 Å². The van der Waals surface area contributed by atoms with Gasteiger partial charge in [0.1, 0.15) is 11.6 Å². The number of halogens is 1. The van der Waals surface area contributed by atoms with Crippen molar-refractivity contribution >= 4 is 0 Å². The van der Waals surface area contributed by atoms with Gasteiger partial charge in [-0.2, -0.15) is 5.26 Å². The first-order valence-electron chi connectivity index (χ1n) is 3.89. The Morgan fingerprint density at radius 3 is 2.77 bits per heavy atom. The van der Waals surface area contributed by atoms with Gasteiger partial charge >= 0.3 is 0 Å². The molecule has 2 nitrogen and oxygen atoms in total. The van der Waals surface area contributed by atoms with Crippen molar-refractivity contribution in [3.05, 3.63) is 29.1 Å². The van der Waals surface area contributed by atoms with Crippen LogP contribution >= 0.6 is 0 Å². The summed E-state index contributed by atoms with van der Waals surface area (Å²) in [5, 5.41) is 8.48. The molecule has 68 valence electrons. The van der Waals surface area contributed by atoms with Crippen molar-refractivity contribution in [1.29, 1.82) is 5.26 Å². The lowest BCUT2D eigenvalue weighted by Crippen LogP contribution is -1.97. The van der Waals surface area contributed by atoms with Gasteiger partial charge in [-0.25, -0.2) is 4.39 Å². The molecule has 0 atom stereocenters. The van der Waals surface area contributed by atoms with Crippen molar-refractivity contribution in [1.82, 2.24) is 0 Å². The van der Waals surface area contributed by atoms with Crippen LogP contribution in [0.1, 0.15) is 11.1 Å². The summed E-state index contributed by atoms with van der Waals surface area (Å²) < 4.78 is 18.2. The molecule has 0 saturated carbocycles. The maximum Gasteiger partial charge on any atom is 0.131 e. The average Bonchev–Trinajstić information content (AvgIpc) is 2.12. The number of aryl methyl sites for hydroxylation is 1. The zero-order valence-electron chi connectivity index (χ0n) is 7.60. The number of ether oxygens (including phenoxy) is 1. The fourth-order valence-corrected chi connectivity index (χ4v) is 1.25. The van der Waals surface area contributed by atoms with Crippen molar-refractivity contribution in [2.45, 2.75) is 13.3 Å². The van der Waals surface area contributed by atoms with Crippen LogP contribution in [0.2, 0.25) is 0 Å². The van der Waals surface area contributed by atoms with E-state index in [4.69, 9.17) is 10.00 Å². The van der Waals surface area contributed by atoms with Crippen LogP contribution in [0.5, 0.6) is 5.75 Å². The molecule has 0 spiro atoms. The third-order valence-corrected chi connectivity index (χ3v) is 1.86. The smallest absolute Gasteiger partial charge is 0.131 e. The predicted molar refractivity (Wildman–Crippen MR) is 47.0 cm³/mol. The lowest BCUT2D eigenvalue weighted by Gasteiger charge is -2.09. The van der Waals surface area contributed by atoms with Gasteiger partial charge in [0.25, 0.3) is 0 Å². The highest BCUT2D eigenvalue weighted by molar-refractivity contribution is 5.42. The Morgan fingerprint density at radius 2 is 2.23 bits per heavy atom. The van der Waals surface area contributed by atoms with E-state index in [-0.39, 0.29) is 12.2 Å². The summed E-state index contributed by atoms with van der Waals surface area (Å²) in [6.45, 7) is 1.82. The van der Waals surface area contributed by atoms with Gasteiger partial charge in [0.15, 0.2) is 0 Å². The third kappa shape index (κ3) is 1.78. The largest absolute Gasteiger partial charge is 0.496 e. The van der Waals surface area contributed by atoms with E-state index < -0.39 is 0 Å². The summed E-state index contributed by atoms with van der Waals surface area (Å²) in [5.41, 5.74) is 1.18. The van der Waals surface area contributed by atoms with Gasteiger partial charge in [0.05, 0.1) is 19.6 Å². The van der Waals surface area contributed by atoms with E-state index in [1.54, 1.807) is 6.07 Å². The van der Waals surface area contributed by atoms with E-state index in [0.29, 0.717) is 11.3 Å². The number of rotatable bonds is 2. The molecule has 0 saturated heterocycles. The molecule has 1 aromatic rings. The highest BCUT2D eigenvalue weighted by atomic mass is 19.1. The number of hydrogen-bond donors (Lipinski definition) is 0. The molecule has 0 aliphatic carbocycles. The van der Waals surface area contributed by atoms with Crippen LogP contribution in [0.15, 0.2) is 12.1 Å². The normalized spacial score (nSPS) is 9.38. The summed E-state index contributed by atoms with van der Waals surface area (Å²) in [6.07, 6.45) is 0.0384. The van der Waals surface area contributed by atoms with E-state index in [0.717, 1.165) is 5.56 Å². The van der Waals surface area contributed by atoms with Crippen LogP contribution in [0.4, 0.5) is 4.39 Å². The molecule has 0 aliphatic heterocycles. The van der Waals surface area contributed by atoms with Crippen LogP contribution in [0.3, 0.4) is 0 Å². The second-order valence-corrected chi connectivity index (χ2v) is 2.71. The quantitative estimate of drug-likeness (QED) is 0.697. The van der Waals surface area contributed by atoms with Gasteiger partial charge < -0.3 is 4.74 Å². The highest BCUT2D eigenvalue weighted by Gasteiger charge is 2.10. The van der Waals surface area contributed by atoms with Crippen molar-refractivity contribution in [2.75, 3.05) is 7.11 Å². The average molecular weight is 179 g/mol. The van der Waals surface area contributed by atoms with Crippen molar-refractivity contribution < 1.29 is 9.13 Å². The summed E-state index contributed by atoms with van der Waals surface area (Å²) in [6, 6.07) is 4.89. The summed E-state index contributed by atoms with van der Waals surface area (Å²) in [7, 11) is 1.47. The van der Waals surface area contributed by atoms with E-state index >= 15 is 0 Å². The maximum atomic E-state index is 13.2. The van der Waals surface area contributed by atoms with Crippen LogP contribution < -0.4 is 4.74 Å². The SMILES string of the molecule is COc1c(C)ccc(F)c1CC#N. The van der Waals surface area contributed by atoms with Gasteiger partial charge in [0.2, 0.25) is 0 Å². The Labute approximate surface area is 76.6 Å². The van der Waals surface area contributed by atoms with Crippen molar-refractivity contribution in [2.24, 2.45) is 0 Å². The van der Waals surface area contributed by atoms with Crippen molar-refractivity contribution in [3.63, 3.8) is 0 Å². The van der Waals surface area contributed by atoms with E-state index in [9.17, 15) is 4.39 Å². The van der Waals surface area contributed by atoms with Gasteiger partial charge in [-0.15, -0.1) is 0 Å². The molecule has 0 bridgehead atoms. The number of methoxy groups -OCH3 is 1. The molecule has 0 radical (unpaired) electrons. The highest BCUT2D eigenvalue weighted by Crippen LogP contribution is 2.25. The fraction of sp³-hybridized carbons (Fsp3) is 0.300. The van der Waals surface area contributed by atoms with Crippen LogP contribution in [-0.2, 0) is 6.42 Å². The number of hydrogen-bond acceptors (Lipinski definition) is 2. The van der Waals surface area contributed by atoms with E-state index in [2.05, 4.69) is 0 Å². The van der Waals surface area contributed by atoms with Gasteiger partial charge in [0, 0.05) is 5.56 Å².